The predicted octanol–water partition coefficient (Wildman–Crippen LogP) is 3.46. The lowest BCUT2D eigenvalue weighted by Gasteiger charge is -2.29. The average molecular weight is 308 g/mol. The second kappa shape index (κ2) is 6.14. The first kappa shape index (κ1) is 15.3. The third kappa shape index (κ3) is 3.15. The van der Waals surface area contributed by atoms with Gasteiger partial charge in [0.1, 0.15) is 9.07 Å². The SMILES string of the molecule is CCCN1C(=S)SC(C)(C)[C@@H]1/[N+]([O-])=C/c1ccccc1. The molecule has 1 aliphatic heterocycles. The largest absolute Gasteiger partial charge is 0.622 e. The quantitative estimate of drug-likeness (QED) is 0.280. The highest BCUT2D eigenvalue weighted by atomic mass is 32.2. The Labute approximate surface area is 130 Å². The molecule has 0 saturated carbocycles. The van der Waals surface area contributed by atoms with Crippen molar-refractivity contribution in [1.29, 1.82) is 0 Å². The number of rotatable bonds is 4. The van der Waals surface area contributed by atoms with Crippen molar-refractivity contribution < 1.29 is 4.74 Å². The van der Waals surface area contributed by atoms with Gasteiger partial charge in [0.2, 0.25) is 0 Å². The number of nitrogens with zero attached hydrogens (tertiary/aromatic N) is 2. The molecule has 0 radical (unpaired) electrons. The average Bonchev–Trinajstić information content (AvgIpc) is 2.60. The van der Waals surface area contributed by atoms with E-state index in [0.29, 0.717) is 0 Å². The van der Waals surface area contributed by atoms with E-state index in [1.165, 1.54) is 0 Å². The monoisotopic (exact) mass is 308 g/mol. The second-order valence-electron chi connectivity index (χ2n) is 5.44. The Hall–Kier alpha value is -1.07. The molecule has 3 nitrogen and oxygen atoms in total. The lowest BCUT2D eigenvalue weighted by molar-refractivity contribution is -0.523. The van der Waals surface area contributed by atoms with Crippen LogP contribution in [0.1, 0.15) is 32.8 Å². The summed E-state index contributed by atoms with van der Waals surface area (Å²) in [5.41, 5.74) is 0.914. The molecule has 0 spiro atoms. The number of hydrogen-bond donors (Lipinski definition) is 0. The molecule has 1 aliphatic rings. The topological polar surface area (TPSA) is 29.3 Å². The van der Waals surface area contributed by atoms with Gasteiger partial charge in [0.05, 0.1) is 0 Å². The summed E-state index contributed by atoms with van der Waals surface area (Å²) in [6, 6.07) is 9.68. The van der Waals surface area contributed by atoms with Gasteiger partial charge in [-0.3, -0.25) is 4.90 Å². The van der Waals surface area contributed by atoms with E-state index in [9.17, 15) is 5.21 Å². The van der Waals surface area contributed by atoms with Crippen LogP contribution >= 0.6 is 24.0 Å². The molecular weight excluding hydrogens is 288 g/mol. The third-order valence-corrected chi connectivity index (χ3v) is 4.91. The van der Waals surface area contributed by atoms with Gasteiger partial charge < -0.3 is 5.21 Å². The van der Waals surface area contributed by atoms with Gasteiger partial charge in [-0.25, -0.2) is 0 Å². The molecule has 1 aromatic rings. The van der Waals surface area contributed by atoms with Crippen LogP contribution in [0.5, 0.6) is 0 Å². The van der Waals surface area contributed by atoms with Crippen LogP contribution in [-0.2, 0) is 0 Å². The fourth-order valence-electron chi connectivity index (χ4n) is 2.47. The number of benzene rings is 1. The fraction of sp³-hybridized carbons (Fsp3) is 0.467. The van der Waals surface area contributed by atoms with E-state index in [1.54, 1.807) is 18.0 Å². The number of hydroxylamine groups is 1. The van der Waals surface area contributed by atoms with Gasteiger partial charge in [0, 0.05) is 12.1 Å². The van der Waals surface area contributed by atoms with Crippen LogP contribution in [0.15, 0.2) is 30.3 Å². The molecule has 0 aromatic heterocycles. The van der Waals surface area contributed by atoms with E-state index in [2.05, 4.69) is 20.8 Å². The van der Waals surface area contributed by atoms with Gasteiger partial charge in [0.15, 0.2) is 6.21 Å². The van der Waals surface area contributed by atoms with Crippen LogP contribution in [-0.4, -0.2) is 37.6 Å². The molecule has 0 aliphatic carbocycles. The minimum absolute atomic E-state index is 0.209. The Balaban J connectivity index is 2.32. The van der Waals surface area contributed by atoms with Crippen LogP contribution < -0.4 is 0 Å². The van der Waals surface area contributed by atoms with Gasteiger partial charge in [-0.05, 0) is 32.4 Å². The molecule has 5 heteroatoms. The standard InChI is InChI=1S/C15H20N2OS2/c1-4-10-16-13(15(2,3)20-14(16)19)17(18)11-12-8-6-5-7-9-12/h5-9,11,13H,4,10H2,1-3H3/b17-11-/t13-/m0/s1. The molecule has 1 aromatic carbocycles. The number of thioether (sulfide) groups is 1. The lowest BCUT2D eigenvalue weighted by Crippen LogP contribution is -2.48. The van der Waals surface area contributed by atoms with Crippen molar-refractivity contribution in [2.75, 3.05) is 6.54 Å². The predicted molar refractivity (Wildman–Crippen MR) is 90.3 cm³/mol. The zero-order valence-corrected chi connectivity index (χ0v) is 13.7. The molecule has 0 amide bonds. The zero-order valence-electron chi connectivity index (χ0n) is 12.1. The minimum atomic E-state index is -0.250. The van der Waals surface area contributed by atoms with Crippen molar-refractivity contribution in [2.24, 2.45) is 0 Å². The van der Waals surface area contributed by atoms with Crippen molar-refractivity contribution >= 4 is 34.5 Å². The summed E-state index contributed by atoms with van der Waals surface area (Å²) < 4.78 is 1.67. The van der Waals surface area contributed by atoms with Crippen molar-refractivity contribution in [2.45, 2.75) is 38.1 Å². The summed E-state index contributed by atoms with van der Waals surface area (Å²) in [5.74, 6) is 0. The Bertz CT molecular complexity index is 514. The summed E-state index contributed by atoms with van der Waals surface area (Å²) >= 11 is 7.04. The minimum Gasteiger partial charge on any atom is -0.622 e. The Morgan fingerprint density at radius 3 is 2.65 bits per heavy atom. The maximum absolute atomic E-state index is 12.6. The van der Waals surface area contributed by atoms with Crippen LogP contribution in [0.2, 0.25) is 0 Å². The van der Waals surface area contributed by atoms with E-state index in [-0.39, 0.29) is 10.9 Å². The maximum Gasteiger partial charge on any atom is 0.254 e. The van der Waals surface area contributed by atoms with Crippen LogP contribution in [0.3, 0.4) is 0 Å². The molecule has 0 N–H and O–H groups in total. The van der Waals surface area contributed by atoms with Gasteiger partial charge >= 0.3 is 0 Å². The summed E-state index contributed by atoms with van der Waals surface area (Å²) in [5, 5.41) is 12.6. The smallest absolute Gasteiger partial charge is 0.254 e. The summed E-state index contributed by atoms with van der Waals surface area (Å²) in [7, 11) is 0. The molecular formula is C15H20N2OS2. The van der Waals surface area contributed by atoms with Crippen LogP contribution in [0, 0.1) is 5.21 Å². The zero-order chi connectivity index (χ0) is 14.8. The highest BCUT2D eigenvalue weighted by Gasteiger charge is 2.49. The first-order chi connectivity index (χ1) is 9.45. The van der Waals surface area contributed by atoms with E-state index in [0.717, 1.165) is 27.6 Å². The van der Waals surface area contributed by atoms with E-state index in [1.807, 2.05) is 35.2 Å². The summed E-state index contributed by atoms with van der Waals surface area (Å²) in [4.78, 5) is 2.05. The van der Waals surface area contributed by atoms with Crippen molar-refractivity contribution in [1.82, 2.24) is 4.90 Å². The highest BCUT2D eigenvalue weighted by Crippen LogP contribution is 2.41. The molecule has 2 rings (SSSR count). The molecule has 1 saturated heterocycles. The first-order valence-corrected chi connectivity index (χ1v) is 8.03. The number of thiocarbonyl (C=S) groups is 1. The summed E-state index contributed by atoms with van der Waals surface area (Å²) in [6.45, 7) is 7.08. The normalized spacial score (nSPS) is 22.4. The van der Waals surface area contributed by atoms with Gasteiger partial charge in [-0.2, -0.15) is 4.74 Å². The third-order valence-electron chi connectivity index (χ3n) is 3.28. The Morgan fingerprint density at radius 2 is 2.05 bits per heavy atom. The molecule has 1 atom stereocenters. The van der Waals surface area contributed by atoms with Crippen molar-refractivity contribution in [3.05, 3.63) is 41.1 Å². The molecule has 0 bridgehead atoms. The fourth-order valence-corrected chi connectivity index (χ4v) is 4.40. The molecule has 108 valence electrons. The molecule has 1 fully saturated rings. The highest BCUT2D eigenvalue weighted by molar-refractivity contribution is 8.24. The second-order valence-corrected chi connectivity index (χ2v) is 7.73. The van der Waals surface area contributed by atoms with Gasteiger partial charge in [0.25, 0.3) is 6.17 Å². The summed E-state index contributed by atoms with van der Waals surface area (Å²) in [6.07, 6.45) is 2.39. The van der Waals surface area contributed by atoms with Crippen molar-refractivity contribution in [3.63, 3.8) is 0 Å². The van der Waals surface area contributed by atoms with Gasteiger partial charge in [-0.1, -0.05) is 49.1 Å². The van der Waals surface area contributed by atoms with Crippen LogP contribution in [0.4, 0.5) is 0 Å². The van der Waals surface area contributed by atoms with Crippen molar-refractivity contribution in [3.8, 4) is 0 Å². The molecule has 0 unspecified atom stereocenters. The van der Waals surface area contributed by atoms with E-state index >= 15 is 0 Å². The van der Waals surface area contributed by atoms with E-state index < -0.39 is 0 Å². The van der Waals surface area contributed by atoms with E-state index in [4.69, 9.17) is 12.2 Å². The van der Waals surface area contributed by atoms with Gasteiger partial charge in [-0.15, -0.1) is 0 Å². The van der Waals surface area contributed by atoms with Crippen LogP contribution in [0.25, 0.3) is 0 Å². The maximum atomic E-state index is 12.6. The first-order valence-electron chi connectivity index (χ1n) is 6.80. The Morgan fingerprint density at radius 1 is 1.40 bits per heavy atom. The molecule has 20 heavy (non-hydrogen) atoms. The molecule has 1 heterocycles. The lowest BCUT2D eigenvalue weighted by atomic mass is 10.1. The Kier molecular flexibility index (Phi) is 4.70. The number of hydrogen-bond acceptors (Lipinski definition) is 3.